The van der Waals surface area contributed by atoms with Gasteiger partial charge in [0.25, 0.3) is 0 Å². The maximum atomic E-state index is 9.92. The highest BCUT2D eigenvalue weighted by Crippen LogP contribution is 2.33. The van der Waals surface area contributed by atoms with Gasteiger partial charge in [0.2, 0.25) is 0 Å². The highest BCUT2D eigenvalue weighted by Gasteiger charge is 2.28. The maximum absolute atomic E-state index is 9.92. The number of hydrogen-bond donors (Lipinski definition) is 2. The lowest BCUT2D eigenvalue weighted by Crippen LogP contribution is -2.52. The van der Waals surface area contributed by atoms with Crippen LogP contribution < -0.4 is 9.47 Å². The molecular formula is C24H33ClN2O4. The van der Waals surface area contributed by atoms with Crippen LogP contribution >= 0.6 is 11.6 Å². The average molecular weight is 449 g/mol. The lowest BCUT2D eigenvalue weighted by atomic mass is 10.00. The Hall–Kier alpha value is -1.99. The fourth-order valence-corrected chi connectivity index (χ4v) is 4.52. The molecule has 0 amide bonds. The van der Waals surface area contributed by atoms with Crippen LogP contribution in [0.2, 0.25) is 5.02 Å². The van der Waals surface area contributed by atoms with Crippen LogP contribution in [0.4, 0.5) is 0 Å². The quantitative estimate of drug-likeness (QED) is 0.641. The van der Waals surface area contributed by atoms with Crippen molar-refractivity contribution in [1.29, 1.82) is 0 Å². The van der Waals surface area contributed by atoms with Crippen molar-refractivity contribution in [3.05, 3.63) is 51.5 Å². The standard InChI is InChI=1S/C24H33ClN2O4/c1-16-17(2)23(30-3)6-5-18(16)14-27-9-8-26(15-20(27)7-10-28)13-19-11-24(31-4)22(29)12-21(19)25/h5-6,11-12,20,28-29H,7-10,13-15H2,1-4H3/t20-/m0/s1. The molecule has 6 nitrogen and oxygen atoms in total. The molecule has 0 saturated carbocycles. The van der Waals surface area contributed by atoms with E-state index in [9.17, 15) is 10.2 Å². The third-order valence-electron chi connectivity index (χ3n) is 6.34. The van der Waals surface area contributed by atoms with Gasteiger partial charge in [0.1, 0.15) is 5.75 Å². The molecule has 0 unspecified atom stereocenters. The molecule has 0 aliphatic carbocycles. The number of halogens is 1. The molecule has 0 radical (unpaired) electrons. The zero-order chi connectivity index (χ0) is 22.5. The van der Waals surface area contributed by atoms with Gasteiger partial charge in [-0.05, 0) is 54.7 Å². The van der Waals surface area contributed by atoms with Gasteiger partial charge in [-0.25, -0.2) is 0 Å². The number of piperazine rings is 1. The first-order valence-electron chi connectivity index (χ1n) is 10.6. The Labute approximate surface area is 190 Å². The van der Waals surface area contributed by atoms with Gasteiger partial charge in [0.05, 0.1) is 14.2 Å². The van der Waals surface area contributed by atoms with Crippen LogP contribution in [-0.4, -0.2) is 66.5 Å². The van der Waals surface area contributed by atoms with Gasteiger partial charge in [0, 0.05) is 56.5 Å². The van der Waals surface area contributed by atoms with E-state index in [1.807, 2.05) is 6.07 Å². The van der Waals surface area contributed by atoms with Crippen LogP contribution in [0.1, 0.15) is 28.7 Å². The van der Waals surface area contributed by atoms with Gasteiger partial charge >= 0.3 is 0 Å². The fourth-order valence-electron chi connectivity index (χ4n) is 4.31. The second-order valence-corrected chi connectivity index (χ2v) is 8.57. The summed E-state index contributed by atoms with van der Waals surface area (Å²) in [6.07, 6.45) is 0.720. The van der Waals surface area contributed by atoms with Crippen molar-refractivity contribution in [3.8, 4) is 17.2 Å². The van der Waals surface area contributed by atoms with E-state index < -0.39 is 0 Å². The number of rotatable bonds is 8. The SMILES string of the molecule is COc1cc(CN2CCN(Cc3ccc(OC)c(C)c3C)[C@@H](CCO)C2)c(Cl)cc1O. The molecule has 0 bridgehead atoms. The zero-order valence-electron chi connectivity index (χ0n) is 18.8. The molecule has 31 heavy (non-hydrogen) atoms. The Kier molecular flexibility index (Phi) is 8.06. The summed E-state index contributed by atoms with van der Waals surface area (Å²) in [5, 5.41) is 20.1. The first kappa shape index (κ1) is 23.7. The number of ether oxygens (including phenoxy) is 2. The first-order chi connectivity index (χ1) is 14.9. The number of phenolic OH excluding ortho intramolecular Hbond substituents is 1. The van der Waals surface area contributed by atoms with Crippen LogP contribution in [0.3, 0.4) is 0 Å². The van der Waals surface area contributed by atoms with Crippen LogP contribution in [0.25, 0.3) is 0 Å². The number of phenols is 1. The minimum absolute atomic E-state index is 0.0457. The molecule has 1 heterocycles. The Morgan fingerprint density at radius 1 is 1.00 bits per heavy atom. The van der Waals surface area contributed by atoms with E-state index in [2.05, 4.69) is 29.7 Å². The van der Waals surface area contributed by atoms with Gasteiger partial charge in [-0.2, -0.15) is 0 Å². The van der Waals surface area contributed by atoms with Crippen LogP contribution in [0, 0.1) is 13.8 Å². The molecule has 0 spiro atoms. The topological polar surface area (TPSA) is 65.4 Å². The molecule has 3 rings (SSSR count). The van der Waals surface area contributed by atoms with E-state index >= 15 is 0 Å². The number of methoxy groups -OCH3 is 2. The summed E-state index contributed by atoms with van der Waals surface area (Å²) in [4.78, 5) is 4.81. The van der Waals surface area contributed by atoms with Gasteiger partial charge in [0.15, 0.2) is 11.5 Å². The summed E-state index contributed by atoms with van der Waals surface area (Å²) < 4.78 is 10.7. The molecule has 1 aliphatic heterocycles. The second kappa shape index (κ2) is 10.6. The van der Waals surface area contributed by atoms with E-state index in [1.54, 1.807) is 13.2 Å². The lowest BCUT2D eigenvalue weighted by molar-refractivity contribution is 0.0498. The largest absolute Gasteiger partial charge is 0.504 e. The number of aromatic hydroxyl groups is 1. The number of hydrogen-bond acceptors (Lipinski definition) is 6. The Balaban J connectivity index is 1.72. The Morgan fingerprint density at radius 2 is 1.74 bits per heavy atom. The van der Waals surface area contributed by atoms with Crippen LogP contribution in [-0.2, 0) is 13.1 Å². The monoisotopic (exact) mass is 448 g/mol. The third-order valence-corrected chi connectivity index (χ3v) is 6.69. The van der Waals surface area contributed by atoms with Crippen molar-refractivity contribution in [2.75, 3.05) is 40.5 Å². The summed E-state index contributed by atoms with van der Waals surface area (Å²) in [5.41, 5.74) is 4.65. The minimum atomic E-state index is 0.0457. The van der Waals surface area contributed by atoms with Crippen molar-refractivity contribution in [2.24, 2.45) is 0 Å². The molecule has 2 aromatic carbocycles. The average Bonchev–Trinajstić information content (AvgIpc) is 2.75. The first-order valence-corrected chi connectivity index (χ1v) is 11.0. The Morgan fingerprint density at radius 3 is 2.42 bits per heavy atom. The van der Waals surface area contributed by atoms with Crippen molar-refractivity contribution >= 4 is 11.6 Å². The van der Waals surface area contributed by atoms with Crippen molar-refractivity contribution < 1.29 is 19.7 Å². The smallest absolute Gasteiger partial charge is 0.160 e. The van der Waals surface area contributed by atoms with E-state index in [0.29, 0.717) is 17.3 Å². The molecule has 2 aromatic rings. The Bertz CT molecular complexity index is 906. The fraction of sp³-hybridized carbons (Fsp3) is 0.500. The number of nitrogens with zero attached hydrogens (tertiary/aromatic N) is 2. The van der Waals surface area contributed by atoms with E-state index in [0.717, 1.165) is 43.9 Å². The van der Waals surface area contributed by atoms with Gasteiger partial charge < -0.3 is 19.7 Å². The van der Waals surface area contributed by atoms with E-state index in [1.165, 1.54) is 29.9 Å². The number of benzene rings is 2. The van der Waals surface area contributed by atoms with Crippen LogP contribution in [0.5, 0.6) is 17.2 Å². The summed E-state index contributed by atoms with van der Waals surface area (Å²) in [5.74, 6) is 1.39. The van der Waals surface area contributed by atoms with Crippen molar-refractivity contribution in [2.45, 2.75) is 39.4 Å². The number of aliphatic hydroxyl groups excluding tert-OH is 1. The molecular weight excluding hydrogens is 416 g/mol. The predicted octanol–water partition coefficient (Wildman–Crippen LogP) is 3.75. The summed E-state index contributed by atoms with van der Waals surface area (Å²) in [6.45, 7) is 8.56. The zero-order valence-corrected chi connectivity index (χ0v) is 19.6. The second-order valence-electron chi connectivity index (χ2n) is 8.16. The van der Waals surface area contributed by atoms with Gasteiger partial charge in [-0.3, -0.25) is 9.80 Å². The normalized spacial score (nSPS) is 17.7. The van der Waals surface area contributed by atoms with E-state index in [4.69, 9.17) is 21.1 Å². The van der Waals surface area contributed by atoms with Crippen LogP contribution in [0.15, 0.2) is 24.3 Å². The van der Waals surface area contributed by atoms with Crippen molar-refractivity contribution in [1.82, 2.24) is 9.80 Å². The summed E-state index contributed by atoms with van der Waals surface area (Å²) in [6, 6.07) is 7.76. The van der Waals surface area contributed by atoms with Crippen molar-refractivity contribution in [3.63, 3.8) is 0 Å². The molecule has 1 aliphatic rings. The molecule has 1 atom stereocenters. The predicted molar refractivity (Wildman–Crippen MR) is 123 cm³/mol. The third kappa shape index (κ3) is 5.44. The lowest BCUT2D eigenvalue weighted by Gasteiger charge is -2.42. The molecule has 2 N–H and O–H groups in total. The highest BCUT2D eigenvalue weighted by molar-refractivity contribution is 6.31. The molecule has 170 valence electrons. The summed E-state index contributed by atoms with van der Waals surface area (Å²) >= 11 is 6.37. The number of aliphatic hydroxyl groups is 1. The summed E-state index contributed by atoms with van der Waals surface area (Å²) in [7, 11) is 3.24. The van der Waals surface area contributed by atoms with E-state index in [-0.39, 0.29) is 18.4 Å². The minimum Gasteiger partial charge on any atom is -0.504 e. The molecule has 7 heteroatoms. The van der Waals surface area contributed by atoms with Gasteiger partial charge in [-0.1, -0.05) is 17.7 Å². The molecule has 1 fully saturated rings. The highest BCUT2D eigenvalue weighted by atomic mass is 35.5. The maximum Gasteiger partial charge on any atom is 0.160 e. The molecule has 0 aromatic heterocycles. The van der Waals surface area contributed by atoms with Gasteiger partial charge in [-0.15, -0.1) is 0 Å². The molecule has 1 saturated heterocycles.